The van der Waals surface area contributed by atoms with E-state index in [0.29, 0.717) is 22.6 Å². The molecule has 0 bridgehead atoms. The molecule has 0 aliphatic rings. The summed E-state index contributed by atoms with van der Waals surface area (Å²) in [7, 11) is 0. The molecule has 0 unspecified atom stereocenters. The van der Waals surface area contributed by atoms with Gasteiger partial charge in [-0.15, -0.1) is 11.8 Å². The Morgan fingerprint density at radius 3 is 2.21 bits per heavy atom. The Kier molecular flexibility index (Phi) is 7.01. The number of furan rings is 1. The summed E-state index contributed by atoms with van der Waals surface area (Å²) in [6, 6.07) is 9.39. The van der Waals surface area contributed by atoms with Crippen molar-refractivity contribution < 1.29 is 45.3 Å². The molecule has 1 aromatic heterocycles. The zero-order valence-electron chi connectivity index (χ0n) is 17.1. The summed E-state index contributed by atoms with van der Waals surface area (Å²) in [6.07, 6.45) is -9.19. The summed E-state index contributed by atoms with van der Waals surface area (Å²) in [5, 5.41) is 0. The first kappa shape index (κ1) is 24.6. The van der Waals surface area contributed by atoms with Crippen LogP contribution in [0.3, 0.4) is 0 Å². The molecule has 0 aliphatic carbocycles. The van der Waals surface area contributed by atoms with Crippen LogP contribution in [0.4, 0.5) is 26.3 Å². The molecular weight excluding hydrogens is 474 g/mol. The molecule has 0 amide bonds. The second-order valence-corrected chi connectivity index (χ2v) is 7.92. The molecule has 4 nitrogen and oxygen atoms in total. The van der Waals surface area contributed by atoms with Gasteiger partial charge in [-0.1, -0.05) is 12.1 Å². The number of alkyl halides is 6. The molecular formula is C22H16F6O4S. The minimum Gasteiger partial charge on any atom is -0.461 e. The van der Waals surface area contributed by atoms with E-state index in [9.17, 15) is 31.1 Å². The molecule has 0 radical (unpaired) electrons. The first-order chi connectivity index (χ1) is 15.3. The predicted molar refractivity (Wildman–Crippen MR) is 107 cm³/mol. The highest BCUT2D eigenvalue weighted by molar-refractivity contribution is 7.98. The largest absolute Gasteiger partial charge is 0.461 e. The van der Waals surface area contributed by atoms with E-state index in [2.05, 4.69) is 9.78 Å². The van der Waals surface area contributed by atoms with Gasteiger partial charge in [-0.2, -0.15) is 26.3 Å². The summed E-state index contributed by atoms with van der Waals surface area (Å²) in [4.78, 5) is 19.8. The molecule has 0 spiro atoms. The lowest BCUT2D eigenvalue weighted by Gasteiger charge is -2.13. The Hall–Kier alpha value is -3.08. The van der Waals surface area contributed by atoms with Crippen LogP contribution < -0.4 is 4.89 Å². The minimum atomic E-state index is -4.74. The number of aryl methyl sites for hydroxylation is 1. The van der Waals surface area contributed by atoms with Gasteiger partial charge < -0.3 is 4.42 Å². The van der Waals surface area contributed by atoms with Gasteiger partial charge in [0.2, 0.25) is 0 Å². The lowest BCUT2D eigenvalue weighted by Crippen LogP contribution is -2.11. The van der Waals surface area contributed by atoms with E-state index in [1.165, 1.54) is 18.2 Å². The fourth-order valence-electron chi connectivity index (χ4n) is 2.79. The number of hydrogen-bond acceptors (Lipinski definition) is 5. The van der Waals surface area contributed by atoms with Crippen LogP contribution in [-0.4, -0.2) is 5.97 Å². The van der Waals surface area contributed by atoms with Crippen LogP contribution in [0.2, 0.25) is 0 Å². The maximum Gasteiger partial charge on any atom is 0.420 e. The molecule has 0 N–H and O–H groups in total. The van der Waals surface area contributed by atoms with Gasteiger partial charge in [0.1, 0.15) is 17.1 Å². The molecule has 176 valence electrons. The lowest BCUT2D eigenvalue weighted by atomic mass is 10.1. The van der Waals surface area contributed by atoms with Gasteiger partial charge in [0.05, 0.1) is 5.56 Å². The van der Waals surface area contributed by atoms with Crippen LogP contribution in [-0.2, 0) is 27.8 Å². The molecule has 0 saturated carbocycles. The number of carbonyl (C=O) groups is 1. The summed E-state index contributed by atoms with van der Waals surface area (Å²) < 4.78 is 83.9. The third-order valence-electron chi connectivity index (χ3n) is 4.42. The summed E-state index contributed by atoms with van der Waals surface area (Å²) in [5.41, 5.74) is -0.785. The van der Waals surface area contributed by atoms with Crippen molar-refractivity contribution in [2.24, 2.45) is 0 Å². The number of rotatable bonds is 6. The first-order valence-electron chi connectivity index (χ1n) is 9.30. The molecule has 0 atom stereocenters. The fourth-order valence-corrected chi connectivity index (χ4v) is 3.76. The Bertz CT molecular complexity index is 1130. The van der Waals surface area contributed by atoms with Crippen LogP contribution >= 0.6 is 11.8 Å². The van der Waals surface area contributed by atoms with Gasteiger partial charge in [0, 0.05) is 28.7 Å². The van der Waals surface area contributed by atoms with Gasteiger partial charge in [0.15, 0.2) is 5.75 Å². The summed E-state index contributed by atoms with van der Waals surface area (Å²) in [6.45, 7) is 2.64. The first-order valence-corrected chi connectivity index (χ1v) is 10.3. The van der Waals surface area contributed by atoms with Crippen LogP contribution in [0.1, 0.15) is 29.4 Å². The Morgan fingerprint density at radius 1 is 0.970 bits per heavy atom. The highest BCUT2D eigenvalue weighted by atomic mass is 32.2. The summed E-state index contributed by atoms with van der Waals surface area (Å²) in [5.74, 6) is -0.467. The van der Waals surface area contributed by atoms with E-state index in [4.69, 9.17) is 4.42 Å². The number of halogens is 6. The quantitative estimate of drug-likeness (QED) is 0.156. The van der Waals surface area contributed by atoms with Crippen LogP contribution in [0, 0.1) is 6.92 Å². The highest BCUT2D eigenvalue weighted by Gasteiger charge is 2.35. The zero-order chi connectivity index (χ0) is 24.4. The predicted octanol–water partition coefficient (Wildman–Crippen LogP) is 7.44. The Balaban J connectivity index is 1.76. The zero-order valence-corrected chi connectivity index (χ0v) is 18.0. The van der Waals surface area contributed by atoms with Crippen LogP contribution in [0.15, 0.2) is 57.8 Å². The number of benzene rings is 2. The number of thioether (sulfide) groups is 1. The van der Waals surface area contributed by atoms with Crippen molar-refractivity contribution in [1.29, 1.82) is 0 Å². The topological polar surface area (TPSA) is 48.7 Å². The van der Waals surface area contributed by atoms with Crippen molar-refractivity contribution in [3.8, 4) is 17.1 Å². The average molecular weight is 490 g/mol. The molecule has 0 saturated heterocycles. The summed E-state index contributed by atoms with van der Waals surface area (Å²) >= 11 is 1.09. The molecule has 0 fully saturated rings. The van der Waals surface area contributed by atoms with E-state index < -0.39 is 35.2 Å². The van der Waals surface area contributed by atoms with Crippen molar-refractivity contribution in [3.63, 3.8) is 0 Å². The van der Waals surface area contributed by atoms with Crippen molar-refractivity contribution in [3.05, 3.63) is 71.0 Å². The van der Waals surface area contributed by atoms with Gasteiger partial charge >= 0.3 is 18.3 Å². The second kappa shape index (κ2) is 9.42. The monoisotopic (exact) mass is 490 g/mol. The fraction of sp³-hybridized carbons (Fsp3) is 0.227. The van der Waals surface area contributed by atoms with Crippen molar-refractivity contribution in [2.45, 2.75) is 36.8 Å². The number of hydrogen-bond donors (Lipinski definition) is 0. The van der Waals surface area contributed by atoms with E-state index in [0.717, 1.165) is 43.0 Å². The van der Waals surface area contributed by atoms with E-state index in [-0.39, 0.29) is 10.6 Å². The molecule has 33 heavy (non-hydrogen) atoms. The van der Waals surface area contributed by atoms with E-state index in [1.54, 1.807) is 13.0 Å². The SMILES string of the molecule is CC(=O)OOc1ccc(SCc2cc(-c3ccc(C(F)(F)F)cc3)oc2C)cc1C(F)(F)F. The average Bonchev–Trinajstić information content (AvgIpc) is 3.10. The Morgan fingerprint density at radius 2 is 1.64 bits per heavy atom. The molecule has 1 heterocycles. The third kappa shape index (κ3) is 6.25. The smallest absolute Gasteiger partial charge is 0.420 e. The molecule has 2 aromatic carbocycles. The minimum absolute atomic E-state index is 0.247. The Labute approximate surface area is 188 Å². The second-order valence-electron chi connectivity index (χ2n) is 6.87. The van der Waals surface area contributed by atoms with Crippen LogP contribution in [0.5, 0.6) is 5.75 Å². The van der Waals surface area contributed by atoms with Crippen molar-refractivity contribution in [2.75, 3.05) is 0 Å². The third-order valence-corrected chi connectivity index (χ3v) is 5.46. The van der Waals surface area contributed by atoms with Gasteiger partial charge in [-0.3, -0.25) is 9.78 Å². The van der Waals surface area contributed by atoms with Crippen LogP contribution in [0.25, 0.3) is 11.3 Å². The molecule has 3 rings (SSSR count). The van der Waals surface area contributed by atoms with E-state index >= 15 is 0 Å². The molecule has 0 aliphatic heterocycles. The van der Waals surface area contributed by atoms with Crippen molar-refractivity contribution in [1.82, 2.24) is 0 Å². The van der Waals surface area contributed by atoms with Gasteiger partial charge in [-0.05, 0) is 43.3 Å². The number of carbonyl (C=O) groups excluding carboxylic acids is 1. The maximum absolute atomic E-state index is 13.4. The lowest BCUT2D eigenvalue weighted by molar-refractivity contribution is -0.214. The highest BCUT2D eigenvalue weighted by Crippen LogP contribution is 2.40. The van der Waals surface area contributed by atoms with Crippen molar-refractivity contribution >= 4 is 17.7 Å². The molecule has 11 heteroatoms. The van der Waals surface area contributed by atoms with Gasteiger partial charge in [0.25, 0.3) is 0 Å². The standard InChI is InChI=1S/C22H16F6O4S/c1-12-15(9-20(30-12)14-3-5-16(6-4-14)21(23,24)25)11-33-17-7-8-19(32-31-13(2)29)18(10-17)22(26,27)28/h3-10H,11H2,1-2H3. The maximum atomic E-state index is 13.4. The van der Waals surface area contributed by atoms with Gasteiger partial charge in [-0.25, -0.2) is 4.79 Å². The van der Waals surface area contributed by atoms with E-state index in [1.807, 2.05) is 0 Å². The normalized spacial score (nSPS) is 12.0. The molecule has 3 aromatic rings.